The monoisotopic (exact) mass is 206 g/mol. The maximum absolute atomic E-state index is 11.0. The summed E-state index contributed by atoms with van der Waals surface area (Å²) in [5.74, 6) is 0.732. The summed E-state index contributed by atoms with van der Waals surface area (Å²) in [5.41, 5.74) is 7.29. The molecule has 1 aliphatic rings. The first-order valence-electron chi connectivity index (χ1n) is 4.91. The van der Waals surface area contributed by atoms with Crippen molar-refractivity contribution in [2.75, 3.05) is 17.6 Å². The second kappa shape index (κ2) is 3.76. The SMILES string of the molecule is Cc1ccc(N)c(NC2CNC(=O)C2)n1. The Hall–Kier alpha value is -1.78. The smallest absolute Gasteiger partial charge is 0.222 e. The lowest BCUT2D eigenvalue weighted by atomic mass is 10.2. The first-order valence-corrected chi connectivity index (χ1v) is 4.91. The molecular weight excluding hydrogens is 192 g/mol. The van der Waals surface area contributed by atoms with E-state index in [1.54, 1.807) is 0 Å². The molecular formula is C10H14N4O. The van der Waals surface area contributed by atoms with E-state index in [0.717, 1.165) is 5.69 Å². The molecule has 1 aromatic heterocycles. The van der Waals surface area contributed by atoms with E-state index >= 15 is 0 Å². The third kappa shape index (κ3) is 2.18. The van der Waals surface area contributed by atoms with Gasteiger partial charge < -0.3 is 16.4 Å². The third-order valence-electron chi connectivity index (χ3n) is 2.38. The maximum atomic E-state index is 11.0. The van der Waals surface area contributed by atoms with E-state index in [0.29, 0.717) is 24.5 Å². The van der Waals surface area contributed by atoms with Crippen LogP contribution in [0.5, 0.6) is 0 Å². The standard InChI is InChI=1S/C10H14N4O/c1-6-2-3-8(11)10(13-6)14-7-4-9(15)12-5-7/h2-3,7H,4-5,11H2,1H3,(H,12,15)(H,13,14). The minimum atomic E-state index is 0.0683. The molecule has 1 atom stereocenters. The predicted molar refractivity (Wildman–Crippen MR) is 58.4 cm³/mol. The Kier molecular flexibility index (Phi) is 2.45. The summed E-state index contributed by atoms with van der Waals surface area (Å²) in [6.45, 7) is 2.54. The number of pyridine rings is 1. The van der Waals surface area contributed by atoms with Crippen molar-refractivity contribution in [2.24, 2.45) is 0 Å². The predicted octanol–water partition coefficient (Wildman–Crippen LogP) is 0.273. The fourth-order valence-electron chi connectivity index (χ4n) is 1.58. The topological polar surface area (TPSA) is 80.0 Å². The molecule has 2 heterocycles. The Balaban J connectivity index is 2.10. The van der Waals surface area contributed by atoms with Crippen molar-refractivity contribution >= 4 is 17.4 Å². The van der Waals surface area contributed by atoms with E-state index in [1.807, 2.05) is 19.1 Å². The quantitative estimate of drug-likeness (QED) is 0.649. The van der Waals surface area contributed by atoms with Crippen LogP contribution in [0.25, 0.3) is 0 Å². The normalized spacial score (nSPS) is 20.1. The molecule has 0 bridgehead atoms. The number of carbonyl (C=O) groups is 1. The van der Waals surface area contributed by atoms with Crippen molar-refractivity contribution in [3.8, 4) is 0 Å². The number of aryl methyl sites for hydroxylation is 1. The van der Waals surface area contributed by atoms with Gasteiger partial charge in [-0.2, -0.15) is 0 Å². The van der Waals surface area contributed by atoms with Gasteiger partial charge in [0.15, 0.2) is 0 Å². The molecule has 15 heavy (non-hydrogen) atoms. The number of hydrogen-bond acceptors (Lipinski definition) is 4. The number of carbonyl (C=O) groups excluding carboxylic acids is 1. The van der Waals surface area contributed by atoms with Gasteiger partial charge in [-0.15, -0.1) is 0 Å². The van der Waals surface area contributed by atoms with E-state index in [-0.39, 0.29) is 11.9 Å². The van der Waals surface area contributed by atoms with Crippen molar-refractivity contribution < 1.29 is 4.79 Å². The van der Waals surface area contributed by atoms with Crippen LogP contribution in [0, 0.1) is 6.92 Å². The van der Waals surface area contributed by atoms with Gasteiger partial charge >= 0.3 is 0 Å². The van der Waals surface area contributed by atoms with Crippen LogP contribution in [0.1, 0.15) is 12.1 Å². The first kappa shape index (κ1) is 9.76. The van der Waals surface area contributed by atoms with Gasteiger partial charge in [-0.05, 0) is 19.1 Å². The van der Waals surface area contributed by atoms with E-state index in [9.17, 15) is 4.79 Å². The van der Waals surface area contributed by atoms with Crippen LogP contribution >= 0.6 is 0 Å². The number of hydrogen-bond donors (Lipinski definition) is 3. The van der Waals surface area contributed by atoms with E-state index in [1.165, 1.54) is 0 Å². The molecule has 5 heteroatoms. The number of nitrogen functional groups attached to an aromatic ring is 1. The zero-order valence-electron chi connectivity index (χ0n) is 8.58. The van der Waals surface area contributed by atoms with Crippen LogP contribution in [-0.4, -0.2) is 23.5 Å². The van der Waals surface area contributed by atoms with Crippen LogP contribution in [0.15, 0.2) is 12.1 Å². The third-order valence-corrected chi connectivity index (χ3v) is 2.38. The highest BCUT2D eigenvalue weighted by atomic mass is 16.1. The van der Waals surface area contributed by atoms with Gasteiger partial charge in [0.1, 0.15) is 5.82 Å². The number of nitrogens with one attached hydrogen (secondary N) is 2. The van der Waals surface area contributed by atoms with Gasteiger partial charge in [0.2, 0.25) is 5.91 Å². The molecule has 1 unspecified atom stereocenters. The molecule has 1 amide bonds. The van der Waals surface area contributed by atoms with Crippen LogP contribution in [-0.2, 0) is 4.79 Å². The highest BCUT2D eigenvalue weighted by Crippen LogP contribution is 2.17. The van der Waals surface area contributed by atoms with Crippen LogP contribution < -0.4 is 16.4 Å². The average molecular weight is 206 g/mol. The van der Waals surface area contributed by atoms with Crippen LogP contribution in [0.2, 0.25) is 0 Å². The zero-order valence-corrected chi connectivity index (χ0v) is 8.58. The summed E-state index contributed by atoms with van der Waals surface area (Å²) < 4.78 is 0. The maximum Gasteiger partial charge on any atom is 0.222 e. The molecule has 80 valence electrons. The second-order valence-electron chi connectivity index (χ2n) is 3.74. The fourth-order valence-corrected chi connectivity index (χ4v) is 1.58. The second-order valence-corrected chi connectivity index (χ2v) is 3.74. The number of nitrogens with zero attached hydrogens (tertiary/aromatic N) is 1. The number of aromatic nitrogens is 1. The molecule has 0 aromatic carbocycles. The molecule has 1 aliphatic heterocycles. The van der Waals surface area contributed by atoms with E-state index < -0.39 is 0 Å². The fraction of sp³-hybridized carbons (Fsp3) is 0.400. The lowest BCUT2D eigenvalue weighted by Crippen LogP contribution is -2.23. The van der Waals surface area contributed by atoms with Crippen molar-refractivity contribution in [2.45, 2.75) is 19.4 Å². The molecule has 1 saturated heterocycles. The summed E-state index contributed by atoms with van der Waals surface area (Å²) >= 11 is 0. The average Bonchev–Trinajstić information content (AvgIpc) is 2.58. The minimum absolute atomic E-state index is 0.0683. The lowest BCUT2D eigenvalue weighted by molar-refractivity contribution is -0.119. The number of anilines is 2. The summed E-state index contributed by atoms with van der Waals surface area (Å²) in [5, 5.41) is 5.91. The Morgan fingerprint density at radius 2 is 2.40 bits per heavy atom. The Morgan fingerprint density at radius 3 is 3.07 bits per heavy atom. The van der Waals surface area contributed by atoms with Crippen molar-refractivity contribution in [3.05, 3.63) is 17.8 Å². The molecule has 0 radical (unpaired) electrons. The summed E-state index contributed by atoms with van der Waals surface area (Å²) in [6.07, 6.45) is 0.481. The molecule has 5 nitrogen and oxygen atoms in total. The van der Waals surface area contributed by atoms with Crippen LogP contribution in [0.4, 0.5) is 11.5 Å². The highest BCUT2D eigenvalue weighted by Gasteiger charge is 2.21. The van der Waals surface area contributed by atoms with Gasteiger partial charge in [0.05, 0.1) is 11.7 Å². The highest BCUT2D eigenvalue weighted by molar-refractivity contribution is 5.80. The zero-order chi connectivity index (χ0) is 10.8. The number of amides is 1. The molecule has 0 saturated carbocycles. The van der Waals surface area contributed by atoms with Gasteiger partial charge in [0, 0.05) is 18.7 Å². The Labute approximate surface area is 88.1 Å². The summed E-state index contributed by atoms with van der Waals surface area (Å²) in [4.78, 5) is 15.3. The largest absolute Gasteiger partial charge is 0.396 e. The number of rotatable bonds is 2. The van der Waals surface area contributed by atoms with E-state index in [4.69, 9.17) is 5.73 Å². The van der Waals surface area contributed by atoms with Crippen molar-refractivity contribution in [3.63, 3.8) is 0 Å². The van der Waals surface area contributed by atoms with Gasteiger partial charge in [-0.3, -0.25) is 4.79 Å². The molecule has 0 spiro atoms. The summed E-state index contributed by atoms with van der Waals surface area (Å²) in [7, 11) is 0. The minimum Gasteiger partial charge on any atom is -0.396 e. The Bertz CT molecular complexity index is 391. The van der Waals surface area contributed by atoms with Crippen molar-refractivity contribution in [1.82, 2.24) is 10.3 Å². The number of nitrogens with two attached hydrogens (primary N) is 1. The molecule has 1 aromatic rings. The molecule has 4 N–H and O–H groups in total. The molecule has 1 fully saturated rings. The first-order chi connectivity index (χ1) is 7.15. The molecule has 2 rings (SSSR count). The van der Waals surface area contributed by atoms with Crippen molar-refractivity contribution in [1.29, 1.82) is 0 Å². The Morgan fingerprint density at radius 1 is 1.60 bits per heavy atom. The van der Waals surface area contributed by atoms with Gasteiger partial charge in [-0.1, -0.05) is 0 Å². The molecule has 0 aliphatic carbocycles. The van der Waals surface area contributed by atoms with Gasteiger partial charge in [0.25, 0.3) is 0 Å². The van der Waals surface area contributed by atoms with E-state index in [2.05, 4.69) is 15.6 Å². The lowest BCUT2D eigenvalue weighted by Gasteiger charge is -2.13. The van der Waals surface area contributed by atoms with Crippen LogP contribution in [0.3, 0.4) is 0 Å². The summed E-state index contributed by atoms with van der Waals surface area (Å²) in [6, 6.07) is 3.77. The van der Waals surface area contributed by atoms with Gasteiger partial charge in [-0.25, -0.2) is 4.98 Å².